The molecule has 0 saturated carbocycles. The van der Waals surface area contributed by atoms with E-state index in [2.05, 4.69) is 17.8 Å². The summed E-state index contributed by atoms with van der Waals surface area (Å²) in [6.45, 7) is 2.00. The zero-order chi connectivity index (χ0) is 7.11. The van der Waals surface area contributed by atoms with E-state index in [1.54, 1.807) is 11.8 Å². The first-order valence-electron chi connectivity index (χ1n) is 2.48. The van der Waals surface area contributed by atoms with Gasteiger partial charge in [-0.3, -0.25) is 0 Å². The van der Waals surface area contributed by atoms with Crippen molar-refractivity contribution in [2.75, 3.05) is 6.26 Å². The number of allylic oxidation sites excluding steroid dienone is 2. The summed E-state index contributed by atoms with van der Waals surface area (Å²) in [6.07, 6.45) is 8.71. The van der Waals surface area contributed by atoms with E-state index in [0.717, 1.165) is 0 Å². The molecular formula is C8H8S. The number of hydrogen-bond acceptors (Lipinski definition) is 1. The van der Waals surface area contributed by atoms with Crippen molar-refractivity contribution < 1.29 is 0 Å². The molecule has 0 aromatic heterocycles. The van der Waals surface area contributed by atoms with Gasteiger partial charge >= 0.3 is 0 Å². The Morgan fingerprint density at radius 2 is 2.33 bits per heavy atom. The Morgan fingerprint density at radius 3 is 2.78 bits per heavy atom. The third-order valence-corrected chi connectivity index (χ3v) is 1.50. The second-order valence-corrected chi connectivity index (χ2v) is 2.42. The molecule has 0 saturated heterocycles. The van der Waals surface area contributed by atoms with Crippen LogP contribution in [0.2, 0.25) is 0 Å². The van der Waals surface area contributed by atoms with Gasteiger partial charge in [-0.25, -0.2) is 0 Å². The van der Waals surface area contributed by atoms with Gasteiger partial charge in [-0.15, -0.1) is 18.2 Å². The third-order valence-electron chi connectivity index (χ3n) is 0.742. The topological polar surface area (TPSA) is 0 Å². The predicted molar refractivity (Wildman–Crippen MR) is 43.9 cm³/mol. The predicted octanol–water partition coefficient (Wildman–Crippen LogP) is 1.89. The highest BCUT2D eigenvalue weighted by molar-refractivity contribution is 8.02. The standard InChI is InChI=1S/C8H8S/c1-4-5-6-7-8(2)9-3/h1,7H,2-3H3. The van der Waals surface area contributed by atoms with E-state index in [1.807, 2.05) is 19.3 Å². The first-order chi connectivity index (χ1) is 4.31. The second kappa shape index (κ2) is 5.35. The first kappa shape index (κ1) is 8.21. The van der Waals surface area contributed by atoms with Crippen LogP contribution in [0.1, 0.15) is 6.92 Å². The Labute approximate surface area is 60.7 Å². The molecule has 0 N–H and O–H groups in total. The van der Waals surface area contributed by atoms with Gasteiger partial charge in [-0.1, -0.05) is 5.92 Å². The summed E-state index contributed by atoms with van der Waals surface area (Å²) >= 11 is 1.67. The van der Waals surface area contributed by atoms with E-state index < -0.39 is 0 Å². The number of hydrogen-bond donors (Lipinski definition) is 0. The van der Waals surface area contributed by atoms with E-state index in [1.165, 1.54) is 4.91 Å². The lowest BCUT2D eigenvalue weighted by molar-refractivity contribution is 1.70. The van der Waals surface area contributed by atoms with Crippen molar-refractivity contribution in [2.45, 2.75) is 6.92 Å². The molecule has 0 heterocycles. The average Bonchev–Trinajstić information content (AvgIpc) is 1.89. The SMILES string of the molecule is C#CC#CC=C(C)SC. The van der Waals surface area contributed by atoms with Crippen LogP contribution in [0.3, 0.4) is 0 Å². The number of thioether (sulfide) groups is 1. The molecule has 0 fully saturated rings. The van der Waals surface area contributed by atoms with Gasteiger partial charge in [0.1, 0.15) is 0 Å². The molecule has 9 heavy (non-hydrogen) atoms. The van der Waals surface area contributed by atoms with Crippen LogP contribution in [0.5, 0.6) is 0 Å². The molecule has 0 aliphatic heterocycles. The Bertz CT molecular complexity index is 195. The van der Waals surface area contributed by atoms with Crippen molar-refractivity contribution in [3.8, 4) is 24.2 Å². The lowest BCUT2D eigenvalue weighted by Crippen LogP contribution is -1.60. The molecule has 0 rings (SSSR count). The summed E-state index contributed by atoms with van der Waals surface area (Å²) in [5, 5.41) is 0. The maximum absolute atomic E-state index is 4.90. The fraction of sp³-hybridized carbons (Fsp3) is 0.250. The monoisotopic (exact) mass is 136 g/mol. The summed E-state index contributed by atoms with van der Waals surface area (Å²) in [4.78, 5) is 1.18. The molecule has 0 radical (unpaired) electrons. The molecule has 0 amide bonds. The van der Waals surface area contributed by atoms with Crippen LogP contribution in [0, 0.1) is 24.2 Å². The van der Waals surface area contributed by atoms with Crippen molar-refractivity contribution >= 4 is 11.8 Å². The van der Waals surface area contributed by atoms with E-state index in [9.17, 15) is 0 Å². The lowest BCUT2D eigenvalue weighted by Gasteiger charge is -1.84. The molecule has 0 nitrogen and oxygen atoms in total. The fourth-order valence-corrected chi connectivity index (χ4v) is 0.415. The molecule has 0 bridgehead atoms. The average molecular weight is 136 g/mol. The zero-order valence-corrected chi connectivity index (χ0v) is 6.38. The summed E-state index contributed by atoms with van der Waals surface area (Å²) in [5.74, 6) is 7.45. The lowest BCUT2D eigenvalue weighted by atomic mass is 10.5. The van der Waals surface area contributed by atoms with E-state index in [-0.39, 0.29) is 0 Å². The van der Waals surface area contributed by atoms with Crippen molar-refractivity contribution in [3.63, 3.8) is 0 Å². The highest BCUT2D eigenvalue weighted by Gasteiger charge is 1.76. The van der Waals surface area contributed by atoms with E-state index in [4.69, 9.17) is 6.42 Å². The zero-order valence-electron chi connectivity index (χ0n) is 5.56. The van der Waals surface area contributed by atoms with Gasteiger partial charge in [-0.2, -0.15) is 0 Å². The normalized spacial score (nSPS) is 9.22. The summed E-state index contributed by atoms with van der Waals surface area (Å²) < 4.78 is 0. The highest BCUT2D eigenvalue weighted by atomic mass is 32.2. The van der Waals surface area contributed by atoms with Gasteiger partial charge in [0, 0.05) is 0 Å². The van der Waals surface area contributed by atoms with Crippen LogP contribution in [0.15, 0.2) is 11.0 Å². The molecule has 46 valence electrons. The minimum atomic E-state index is 1.18. The Balaban J connectivity index is 3.86. The van der Waals surface area contributed by atoms with Crippen LogP contribution < -0.4 is 0 Å². The van der Waals surface area contributed by atoms with Gasteiger partial charge < -0.3 is 0 Å². The van der Waals surface area contributed by atoms with Crippen molar-refractivity contribution in [1.29, 1.82) is 0 Å². The van der Waals surface area contributed by atoms with Gasteiger partial charge in [0.15, 0.2) is 0 Å². The summed E-state index contributed by atoms with van der Waals surface area (Å²) in [6, 6.07) is 0. The quantitative estimate of drug-likeness (QED) is 0.496. The van der Waals surface area contributed by atoms with Gasteiger partial charge in [-0.05, 0) is 36.0 Å². The Morgan fingerprint density at radius 1 is 1.67 bits per heavy atom. The molecule has 0 aromatic rings. The Kier molecular flexibility index (Phi) is 4.88. The number of terminal acetylenes is 1. The van der Waals surface area contributed by atoms with Crippen LogP contribution in [0.4, 0.5) is 0 Å². The molecule has 0 aromatic carbocycles. The molecule has 0 aliphatic carbocycles. The summed E-state index contributed by atoms with van der Waals surface area (Å²) in [5.41, 5.74) is 0. The minimum absolute atomic E-state index is 1.18. The second-order valence-electron chi connectivity index (χ2n) is 1.37. The smallest absolute Gasteiger partial charge is 0.00162 e. The molecule has 0 spiro atoms. The molecule has 1 heteroatoms. The van der Waals surface area contributed by atoms with Crippen LogP contribution >= 0.6 is 11.8 Å². The minimum Gasteiger partial charge on any atom is -0.134 e. The third kappa shape index (κ3) is 5.07. The van der Waals surface area contributed by atoms with E-state index in [0.29, 0.717) is 0 Å². The maximum Gasteiger partial charge on any atom is -0.00162 e. The molecular weight excluding hydrogens is 128 g/mol. The molecule has 0 unspecified atom stereocenters. The summed E-state index contributed by atoms with van der Waals surface area (Å²) in [7, 11) is 0. The van der Waals surface area contributed by atoms with Crippen molar-refractivity contribution in [1.82, 2.24) is 0 Å². The maximum atomic E-state index is 4.90. The van der Waals surface area contributed by atoms with Crippen LogP contribution in [-0.2, 0) is 0 Å². The van der Waals surface area contributed by atoms with E-state index >= 15 is 0 Å². The Hall–Kier alpha value is -0.790. The number of rotatable bonds is 1. The largest absolute Gasteiger partial charge is 0.134 e. The van der Waals surface area contributed by atoms with Gasteiger partial charge in [0.2, 0.25) is 0 Å². The fourth-order valence-electron chi connectivity index (χ4n) is 0.238. The van der Waals surface area contributed by atoms with Crippen molar-refractivity contribution in [2.24, 2.45) is 0 Å². The van der Waals surface area contributed by atoms with Crippen LogP contribution in [0.25, 0.3) is 0 Å². The molecule has 0 atom stereocenters. The van der Waals surface area contributed by atoms with Gasteiger partial charge in [0.25, 0.3) is 0 Å². The van der Waals surface area contributed by atoms with Crippen molar-refractivity contribution in [3.05, 3.63) is 11.0 Å². The van der Waals surface area contributed by atoms with Crippen LogP contribution in [-0.4, -0.2) is 6.26 Å². The first-order valence-corrected chi connectivity index (χ1v) is 3.70. The highest BCUT2D eigenvalue weighted by Crippen LogP contribution is 2.07. The van der Waals surface area contributed by atoms with Gasteiger partial charge in [0.05, 0.1) is 0 Å². The molecule has 0 aliphatic rings.